The van der Waals surface area contributed by atoms with Crippen molar-refractivity contribution in [2.75, 3.05) is 6.54 Å². The maximum absolute atomic E-state index is 3.45. The summed E-state index contributed by atoms with van der Waals surface area (Å²) >= 11 is 0. The van der Waals surface area contributed by atoms with Crippen molar-refractivity contribution >= 4 is 10.9 Å². The van der Waals surface area contributed by atoms with Crippen molar-refractivity contribution in [3.8, 4) is 0 Å². The van der Waals surface area contributed by atoms with Crippen LogP contribution in [0.25, 0.3) is 10.9 Å². The molecule has 0 saturated heterocycles. The highest BCUT2D eigenvalue weighted by Gasteiger charge is 2.12. The van der Waals surface area contributed by atoms with Crippen molar-refractivity contribution in [2.24, 2.45) is 7.05 Å². The first kappa shape index (κ1) is 12.2. The van der Waals surface area contributed by atoms with Gasteiger partial charge in [-0.15, -0.1) is 0 Å². The fourth-order valence-corrected chi connectivity index (χ4v) is 2.59. The second-order valence-corrected chi connectivity index (χ2v) is 4.64. The van der Waals surface area contributed by atoms with Gasteiger partial charge in [-0.2, -0.15) is 0 Å². The first-order valence-corrected chi connectivity index (χ1v) is 6.46. The Bertz CT molecular complexity index is 523. The summed E-state index contributed by atoms with van der Waals surface area (Å²) in [5.41, 5.74) is 5.60. The average molecular weight is 230 g/mol. The quantitative estimate of drug-likeness (QED) is 0.853. The van der Waals surface area contributed by atoms with Gasteiger partial charge in [0, 0.05) is 30.2 Å². The minimum Gasteiger partial charge on any atom is -0.347 e. The van der Waals surface area contributed by atoms with Crippen LogP contribution in [0.4, 0.5) is 0 Å². The zero-order valence-corrected chi connectivity index (χ0v) is 11.3. The van der Waals surface area contributed by atoms with Gasteiger partial charge >= 0.3 is 0 Å². The van der Waals surface area contributed by atoms with Crippen LogP contribution in [0.3, 0.4) is 0 Å². The van der Waals surface area contributed by atoms with E-state index in [2.05, 4.69) is 55.9 Å². The molecule has 0 aliphatic carbocycles. The van der Waals surface area contributed by atoms with E-state index >= 15 is 0 Å². The Hall–Kier alpha value is -1.28. The number of nitrogens with zero attached hydrogens (tertiary/aromatic N) is 1. The lowest BCUT2D eigenvalue weighted by Gasteiger charge is -2.05. The van der Waals surface area contributed by atoms with E-state index < -0.39 is 0 Å². The summed E-state index contributed by atoms with van der Waals surface area (Å²) < 4.78 is 2.33. The number of aromatic nitrogens is 1. The fourth-order valence-electron chi connectivity index (χ4n) is 2.59. The molecule has 92 valence electrons. The van der Waals surface area contributed by atoms with E-state index in [0.29, 0.717) is 0 Å². The number of aryl methyl sites for hydroxylation is 2. The lowest BCUT2D eigenvalue weighted by atomic mass is 10.1. The summed E-state index contributed by atoms with van der Waals surface area (Å²) in [6.45, 7) is 8.54. The summed E-state index contributed by atoms with van der Waals surface area (Å²) in [7, 11) is 2.17. The summed E-state index contributed by atoms with van der Waals surface area (Å²) in [6, 6.07) is 6.74. The van der Waals surface area contributed by atoms with Crippen molar-refractivity contribution in [3.63, 3.8) is 0 Å². The van der Waals surface area contributed by atoms with Gasteiger partial charge in [0.2, 0.25) is 0 Å². The number of fused-ring (bicyclic) bond motifs is 1. The van der Waals surface area contributed by atoms with Crippen molar-refractivity contribution in [1.29, 1.82) is 0 Å². The van der Waals surface area contributed by atoms with Gasteiger partial charge in [0.15, 0.2) is 0 Å². The Morgan fingerprint density at radius 2 is 2.00 bits per heavy atom. The van der Waals surface area contributed by atoms with Gasteiger partial charge in [-0.3, -0.25) is 0 Å². The lowest BCUT2D eigenvalue weighted by molar-refractivity contribution is 0.715. The van der Waals surface area contributed by atoms with E-state index in [1.54, 1.807) is 0 Å². The van der Waals surface area contributed by atoms with E-state index in [4.69, 9.17) is 0 Å². The molecule has 0 radical (unpaired) electrons. The molecule has 0 saturated carbocycles. The third-order valence-electron chi connectivity index (χ3n) is 3.48. The molecule has 2 aromatic rings. The van der Waals surface area contributed by atoms with Crippen LogP contribution in [0.2, 0.25) is 0 Å². The van der Waals surface area contributed by atoms with E-state index in [1.807, 2.05) is 0 Å². The predicted molar refractivity (Wildman–Crippen MR) is 74.4 cm³/mol. The minimum absolute atomic E-state index is 0.973. The number of hydrogen-bond acceptors (Lipinski definition) is 1. The highest BCUT2D eigenvalue weighted by Crippen LogP contribution is 2.26. The molecule has 1 heterocycles. The van der Waals surface area contributed by atoms with E-state index in [-0.39, 0.29) is 0 Å². The molecular formula is C15H22N2. The largest absolute Gasteiger partial charge is 0.347 e. The monoisotopic (exact) mass is 230 g/mol. The smallest absolute Gasteiger partial charge is 0.0483 e. The second kappa shape index (κ2) is 4.92. The van der Waals surface area contributed by atoms with Crippen LogP contribution in [0.1, 0.15) is 30.7 Å². The molecule has 2 rings (SSSR count). The van der Waals surface area contributed by atoms with Crippen molar-refractivity contribution in [2.45, 2.75) is 33.7 Å². The topological polar surface area (TPSA) is 17.0 Å². The fraction of sp³-hybridized carbons (Fsp3) is 0.467. The van der Waals surface area contributed by atoms with E-state index in [0.717, 1.165) is 19.5 Å². The second-order valence-electron chi connectivity index (χ2n) is 4.64. The Balaban J connectivity index is 2.63. The van der Waals surface area contributed by atoms with Gasteiger partial charge < -0.3 is 9.88 Å². The summed E-state index contributed by atoms with van der Waals surface area (Å²) in [6.07, 6.45) is 1.09. The van der Waals surface area contributed by atoms with Crippen LogP contribution < -0.4 is 5.32 Å². The molecule has 0 aliphatic heterocycles. The number of rotatable bonds is 4. The van der Waals surface area contributed by atoms with Crippen molar-refractivity contribution in [3.05, 3.63) is 35.0 Å². The molecule has 0 atom stereocenters. The first-order valence-electron chi connectivity index (χ1n) is 6.46. The van der Waals surface area contributed by atoms with Gasteiger partial charge in [0.05, 0.1) is 0 Å². The molecule has 17 heavy (non-hydrogen) atoms. The Morgan fingerprint density at radius 3 is 2.65 bits per heavy atom. The maximum Gasteiger partial charge on any atom is 0.0483 e. The zero-order valence-electron chi connectivity index (χ0n) is 11.3. The molecule has 1 aromatic carbocycles. The third-order valence-corrected chi connectivity index (χ3v) is 3.48. The molecule has 0 aliphatic rings. The molecule has 2 heteroatoms. The number of benzene rings is 1. The Morgan fingerprint density at radius 1 is 1.24 bits per heavy atom. The van der Waals surface area contributed by atoms with Crippen molar-refractivity contribution in [1.82, 2.24) is 9.88 Å². The SMILES string of the molecule is CCNCc1c(CC)n(C)c2ccc(C)cc12. The minimum atomic E-state index is 0.973. The van der Waals surface area contributed by atoms with Gasteiger partial charge in [0.25, 0.3) is 0 Å². The highest BCUT2D eigenvalue weighted by molar-refractivity contribution is 5.86. The van der Waals surface area contributed by atoms with Gasteiger partial charge in [-0.1, -0.05) is 25.5 Å². The van der Waals surface area contributed by atoms with Gasteiger partial charge in [-0.05, 0) is 37.6 Å². The predicted octanol–water partition coefficient (Wildman–Crippen LogP) is 3.16. The highest BCUT2D eigenvalue weighted by atomic mass is 15.0. The van der Waals surface area contributed by atoms with Gasteiger partial charge in [0.1, 0.15) is 0 Å². The lowest BCUT2D eigenvalue weighted by Crippen LogP contribution is -2.13. The van der Waals surface area contributed by atoms with Crippen LogP contribution in [0.15, 0.2) is 18.2 Å². The number of nitrogens with one attached hydrogen (secondary N) is 1. The van der Waals surface area contributed by atoms with E-state index in [9.17, 15) is 0 Å². The summed E-state index contributed by atoms with van der Waals surface area (Å²) in [5, 5.41) is 4.86. The average Bonchev–Trinajstić information content (AvgIpc) is 2.58. The zero-order chi connectivity index (χ0) is 12.4. The van der Waals surface area contributed by atoms with Crippen molar-refractivity contribution < 1.29 is 0 Å². The maximum atomic E-state index is 3.45. The molecule has 1 aromatic heterocycles. The number of hydrogen-bond donors (Lipinski definition) is 1. The van der Waals surface area contributed by atoms with Crippen LogP contribution in [0, 0.1) is 6.92 Å². The summed E-state index contributed by atoms with van der Waals surface area (Å²) in [5.74, 6) is 0. The van der Waals surface area contributed by atoms with Crippen LogP contribution in [-0.4, -0.2) is 11.1 Å². The standard InChI is InChI=1S/C15H22N2/c1-5-14-13(10-16-6-2)12-9-11(3)7-8-15(12)17(14)4/h7-9,16H,5-6,10H2,1-4H3. The molecule has 0 unspecified atom stereocenters. The van der Waals surface area contributed by atoms with Crippen LogP contribution in [0.5, 0.6) is 0 Å². The molecule has 1 N–H and O–H groups in total. The van der Waals surface area contributed by atoms with Crippen LogP contribution >= 0.6 is 0 Å². The Labute approximate surface area is 104 Å². The molecule has 0 amide bonds. The molecular weight excluding hydrogens is 208 g/mol. The van der Waals surface area contributed by atoms with Gasteiger partial charge in [-0.25, -0.2) is 0 Å². The third kappa shape index (κ3) is 2.09. The molecule has 0 spiro atoms. The van der Waals surface area contributed by atoms with Crippen LogP contribution in [-0.2, 0) is 20.0 Å². The van der Waals surface area contributed by atoms with E-state index in [1.165, 1.54) is 27.7 Å². The molecule has 2 nitrogen and oxygen atoms in total. The Kier molecular flexibility index (Phi) is 3.53. The molecule has 0 bridgehead atoms. The normalized spacial score (nSPS) is 11.3. The first-order chi connectivity index (χ1) is 8.19. The summed E-state index contributed by atoms with van der Waals surface area (Å²) in [4.78, 5) is 0. The molecule has 0 fully saturated rings.